The van der Waals surface area contributed by atoms with E-state index in [0.29, 0.717) is 5.69 Å². The number of carbonyl (C=O) groups is 1. The SMILES string of the molecule is CCC1CCCCN1C(=O)c1cc(S(N)(=O)=O)cn1C. The van der Waals surface area contributed by atoms with Crippen molar-refractivity contribution in [2.75, 3.05) is 6.54 Å². The van der Waals surface area contributed by atoms with Crippen LogP contribution in [-0.4, -0.2) is 36.4 Å². The minimum absolute atomic E-state index is 0.0200. The van der Waals surface area contributed by atoms with Crippen LogP contribution in [0.4, 0.5) is 0 Å². The van der Waals surface area contributed by atoms with Crippen molar-refractivity contribution >= 4 is 15.9 Å². The molecule has 0 saturated carbocycles. The molecule has 1 unspecified atom stereocenters. The second kappa shape index (κ2) is 5.57. The number of aromatic nitrogens is 1. The number of aryl methyl sites for hydroxylation is 1. The minimum atomic E-state index is -3.78. The molecular weight excluding hydrogens is 278 g/mol. The lowest BCUT2D eigenvalue weighted by atomic mass is 9.99. The van der Waals surface area contributed by atoms with E-state index in [1.807, 2.05) is 4.90 Å². The number of likely N-dealkylation sites (tertiary alicyclic amines) is 1. The molecule has 20 heavy (non-hydrogen) atoms. The minimum Gasteiger partial charge on any atom is -0.345 e. The number of rotatable bonds is 3. The second-order valence-electron chi connectivity index (χ2n) is 5.27. The summed E-state index contributed by atoms with van der Waals surface area (Å²) in [4.78, 5) is 14.4. The fourth-order valence-electron chi connectivity index (χ4n) is 2.74. The van der Waals surface area contributed by atoms with Crippen LogP contribution in [0.15, 0.2) is 17.2 Å². The van der Waals surface area contributed by atoms with E-state index in [4.69, 9.17) is 5.14 Å². The molecule has 1 atom stereocenters. The molecule has 7 heteroatoms. The number of piperidine rings is 1. The molecule has 0 aromatic carbocycles. The largest absolute Gasteiger partial charge is 0.345 e. The molecule has 1 aliphatic heterocycles. The lowest BCUT2D eigenvalue weighted by Gasteiger charge is -2.35. The highest BCUT2D eigenvalue weighted by atomic mass is 32.2. The van der Waals surface area contributed by atoms with Gasteiger partial charge in [-0.1, -0.05) is 6.92 Å². The van der Waals surface area contributed by atoms with Crippen LogP contribution in [0.25, 0.3) is 0 Å². The Morgan fingerprint density at radius 1 is 1.45 bits per heavy atom. The van der Waals surface area contributed by atoms with Gasteiger partial charge in [0.15, 0.2) is 0 Å². The predicted octanol–water partition coefficient (Wildman–Crippen LogP) is 1.08. The average molecular weight is 299 g/mol. The first kappa shape index (κ1) is 15.1. The number of nitrogens with two attached hydrogens (primary N) is 1. The molecule has 1 aliphatic rings. The molecule has 0 radical (unpaired) electrons. The van der Waals surface area contributed by atoms with Crippen LogP contribution in [0.2, 0.25) is 0 Å². The quantitative estimate of drug-likeness (QED) is 0.906. The molecule has 2 rings (SSSR count). The van der Waals surface area contributed by atoms with E-state index >= 15 is 0 Å². The van der Waals surface area contributed by atoms with Gasteiger partial charge in [0.05, 0.1) is 0 Å². The van der Waals surface area contributed by atoms with Crippen molar-refractivity contribution in [3.63, 3.8) is 0 Å². The molecule has 1 aromatic heterocycles. The second-order valence-corrected chi connectivity index (χ2v) is 6.83. The van der Waals surface area contributed by atoms with Crippen molar-refractivity contribution in [3.05, 3.63) is 18.0 Å². The average Bonchev–Trinajstić information content (AvgIpc) is 2.80. The van der Waals surface area contributed by atoms with Gasteiger partial charge in [0, 0.05) is 25.8 Å². The first-order chi connectivity index (χ1) is 9.34. The lowest BCUT2D eigenvalue weighted by Crippen LogP contribution is -2.43. The van der Waals surface area contributed by atoms with Gasteiger partial charge in [0.25, 0.3) is 5.91 Å². The van der Waals surface area contributed by atoms with Gasteiger partial charge >= 0.3 is 0 Å². The van der Waals surface area contributed by atoms with Crippen molar-refractivity contribution in [2.24, 2.45) is 12.2 Å². The molecule has 2 N–H and O–H groups in total. The molecule has 0 bridgehead atoms. The lowest BCUT2D eigenvalue weighted by molar-refractivity contribution is 0.0598. The Balaban J connectivity index is 2.31. The molecule has 2 heterocycles. The smallest absolute Gasteiger partial charge is 0.270 e. The van der Waals surface area contributed by atoms with E-state index in [9.17, 15) is 13.2 Å². The van der Waals surface area contributed by atoms with E-state index in [0.717, 1.165) is 32.2 Å². The summed E-state index contributed by atoms with van der Waals surface area (Å²) in [6.45, 7) is 2.80. The number of carbonyl (C=O) groups excluding carboxylic acids is 1. The van der Waals surface area contributed by atoms with Crippen LogP contribution in [0.1, 0.15) is 43.1 Å². The summed E-state index contributed by atoms with van der Waals surface area (Å²) in [7, 11) is -2.12. The topological polar surface area (TPSA) is 85.4 Å². The molecule has 0 spiro atoms. The van der Waals surface area contributed by atoms with Crippen LogP contribution >= 0.6 is 0 Å². The zero-order chi connectivity index (χ0) is 14.9. The number of hydrogen-bond donors (Lipinski definition) is 1. The fraction of sp³-hybridized carbons (Fsp3) is 0.615. The third kappa shape index (κ3) is 2.88. The van der Waals surface area contributed by atoms with Gasteiger partial charge in [0.1, 0.15) is 10.6 Å². The highest BCUT2D eigenvalue weighted by molar-refractivity contribution is 7.89. The highest BCUT2D eigenvalue weighted by Gasteiger charge is 2.28. The van der Waals surface area contributed by atoms with Gasteiger partial charge in [-0.15, -0.1) is 0 Å². The maximum Gasteiger partial charge on any atom is 0.270 e. The highest BCUT2D eigenvalue weighted by Crippen LogP contribution is 2.23. The summed E-state index contributed by atoms with van der Waals surface area (Å²) in [6, 6.07) is 1.60. The number of primary sulfonamides is 1. The number of nitrogens with zero attached hydrogens (tertiary/aromatic N) is 2. The van der Waals surface area contributed by atoms with Crippen LogP contribution < -0.4 is 5.14 Å². The van der Waals surface area contributed by atoms with Crippen molar-refractivity contribution in [2.45, 2.75) is 43.5 Å². The first-order valence-corrected chi connectivity index (χ1v) is 8.39. The Kier molecular flexibility index (Phi) is 4.19. The summed E-state index contributed by atoms with van der Waals surface area (Å²) in [6.07, 6.45) is 5.44. The standard InChI is InChI=1S/C13H21N3O3S/c1-3-10-6-4-5-7-16(10)13(17)12-8-11(9-15(12)2)20(14,18)19/h8-10H,3-7H2,1-2H3,(H2,14,18,19). The van der Waals surface area contributed by atoms with Crippen molar-refractivity contribution in [1.82, 2.24) is 9.47 Å². The van der Waals surface area contributed by atoms with E-state index in [1.54, 1.807) is 7.05 Å². The summed E-state index contributed by atoms with van der Waals surface area (Å²) in [5.74, 6) is -0.117. The van der Waals surface area contributed by atoms with Gasteiger partial charge < -0.3 is 9.47 Å². The Morgan fingerprint density at radius 3 is 2.70 bits per heavy atom. The zero-order valence-corrected chi connectivity index (χ0v) is 12.7. The summed E-state index contributed by atoms with van der Waals surface area (Å²) in [5, 5.41) is 5.11. The van der Waals surface area contributed by atoms with Gasteiger partial charge in [-0.2, -0.15) is 0 Å². The van der Waals surface area contributed by atoms with E-state index in [2.05, 4.69) is 6.92 Å². The van der Waals surface area contributed by atoms with E-state index in [-0.39, 0.29) is 16.8 Å². The monoisotopic (exact) mass is 299 g/mol. The Labute approximate surface area is 119 Å². The molecule has 6 nitrogen and oxygen atoms in total. The van der Waals surface area contributed by atoms with Crippen molar-refractivity contribution in [1.29, 1.82) is 0 Å². The van der Waals surface area contributed by atoms with Crippen molar-refractivity contribution < 1.29 is 13.2 Å². The molecule has 1 aromatic rings. The maximum absolute atomic E-state index is 12.6. The molecular formula is C13H21N3O3S. The first-order valence-electron chi connectivity index (χ1n) is 6.84. The Hall–Kier alpha value is -1.34. The fourth-order valence-corrected chi connectivity index (χ4v) is 3.32. The van der Waals surface area contributed by atoms with Gasteiger partial charge in [-0.25, -0.2) is 13.6 Å². The summed E-state index contributed by atoms with van der Waals surface area (Å²) < 4.78 is 24.2. The molecule has 112 valence electrons. The van der Waals surface area contributed by atoms with Gasteiger partial charge in [0.2, 0.25) is 10.0 Å². The van der Waals surface area contributed by atoms with Crippen molar-refractivity contribution in [3.8, 4) is 0 Å². The number of hydrogen-bond acceptors (Lipinski definition) is 3. The number of sulfonamides is 1. The van der Waals surface area contributed by atoms with Gasteiger partial charge in [-0.05, 0) is 31.7 Å². The normalized spacial score (nSPS) is 20.1. The van der Waals surface area contributed by atoms with Gasteiger partial charge in [-0.3, -0.25) is 4.79 Å². The Morgan fingerprint density at radius 2 is 2.15 bits per heavy atom. The van der Waals surface area contributed by atoms with Crippen LogP contribution in [0, 0.1) is 0 Å². The molecule has 0 aliphatic carbocycles. The summed E-state index contributed by atoms with van der Waals surface area (Å²) >= 11 is 0. The molecule has 1 saturated heterocycles. The maximum atomic E-state index is 12.6. The van der Waals surface area contributed by atoms with E-state index in [1.165, 1.54) is 16.8 Å². The number of amides is 1. The van der Waals surface area contributed by atoms with Crippen LogP contribution in [0.3, 0.4) is 0 Å². The third-order valence-corrected chi connectivity index (χ3v) is 4.77. The predicted molar refractivity (Wildman–Crippen MR) is 75.8 cm³/mol. The van der Waals surface area contributed by atoms with E-state index < -0.39 is 10.0 Å². The molecule has 1 amide bonds. The zero-order valence-electron chi connectivity index (χ0n) is 11.9. The van der Waals surface area contributed by atoms with Crippen LogP contribution in [-0.2, 0) is 17.1 Å². The molecule has 1 fully saturated rings. The van der Waals surface area contributed by atoms with Crippen LogP contribution in [0.5, 0.6) is 0 Å². The third-order valence-electron chi connectivity index (χ3n) is 3.89. The Bertz CT molecular complexity index is 606. The summed E-state index contributed by atoms with van der Waals surface area (Å²) in [5.41, 5.74) is 0.370.